The first-order valence-electron chi connectivity index (χ1n) is 18.4. The third kappa shape index (κ3) is 10.7. The van der Waals surface area contributed by atoms with Crippen molar-refractivity contribution in [3.63, 3.8) is 0 Å². The van der Waals surface area contributed by atoms with Crippen LogP contribution in [0.2, 0.25) is 5.02 Å². The number of hydrogen-bond donors (Lipinski definition) is 0. The number of hydrogen-bond acceptors (Lipinski definition) is 6. The molecule has 6 rings (SSSR count). The summed E-state index contributed by atoms with van der Waals surface area (Å²) in [5.74, 6) is 3.31. The minimum Gasteiger partial charge on any atom is -0.359 e. The van der Waals surface area contributed by atoms with Crippen molar-refractivity contribution in [2.45, 2.75) is 124 Å². The van der Waals surface area contributed by atoms with Crippen molar-refractivity contribution in [3.8, 4) is 6.07 Å². The van der Waals surface area contributed by atoms with Crippen molar-refractivity contribution in [2.75, 3.05) is 43.7 Å². The summed E-state index contributed by atoms with van der Waals surface area (Å²) in [7, 11) is -0.611. The molecule has 0 bridgehead atoms. The lowest BCUT2D eigenvalue weighted by atomic mass is 9.57. The van der Waals surface area contributed by atoms with Crippen molar-refractivity contribution < 1.29 is 9.00 Å². The Morgan fingerprint density at radius 2 is 1.60 bits per heavy atom. The third-order valence-electron chi connectivity index (χ3n) is 10.7. The van der Waals surface area contributed by atoms with Gasteiger partial charge in [-0.25, -0.2) is 0 Å². The van der Waals surface area contributed by atoms with E-state index in [9.17, 15) is 14.3 Å². The van der Waals surface area contributed by atoms with Gasteiger partial charge in [0.2, 0.25) is 5.91 Å². The van der Waals surface area contributed by atoms with Crippen LogP contribution >= 0.6 is 11.6 Å². The molecule has 1 amide bonds. The van der Waals surface area contributed by atoms with Crippen LogP contribution in [0.5, 0.6) is 0 Å². The first-order valence-corrected chi connectivity index (χ1v) is 20.8. The molecule has 7 nitrogen and oxygen atoms in total. The molecule has 5 aliphatic rings. The van der Waals surface area contributed by atoms with Gasteiger partial charge in [0.25, 0.3) is 0 Å². The molecule has 1 unspecified atom stereocenters. The van der Waals surface area contributed by atoms with E-state index in [1.54, 1.807) is 12.5 Å². The molecule has 2 saturated carbocycles. The highest BCUT2D eigenvalue weighted by atomic mass is 35.5. The summed E-state index contributed by atoms with van der Waals surface area (Å²) in [5, 5.41) is 17.2. The summed E-state index contributed by atoms with van der Waals surface area (Å²) in [5.41, 5.74) is 1.88. The number of carbonyl (C=O) groups excluding carboxylic acids is 1. The molecule has 9 heteroatoms. The normalized spacial score (nSPS) is 22.7. The minimum atomic E-state index is -0.611. The molecule has 0 radical (unpaired) electrons. The van der Waals surface area contributed by atoms with Gasteiger partial charge in [-0.1, -0.05) is 71.9 Å². The Labute approximate surface area is 293 Å². The summed E-state index contributed by atoms with van der Waals surface area (Å²) >= 11 is 6.41. The second kappa shape index (κ2) is 19.2. The van der Waals surface area contributed by atoms with Crippen molar-refractivity contribution in [1.29, 1.82) is 5.26 Å². The van der Waals surface area contributed by atoms with Crippen LogP contribution in [0.25, 0.3) is 0 Å². The van der Waals surface area contributed by atoms with E-state index in [1.807, 2.05) is 32.0 Å². The van der Waals surface area contributed by atoms with Gasteiger partial charge in [-0.15, -0.1) is 0 Å². The first-order chi connectivity index (χ1) is 22.6. The molecular weight excluding hydrogens is 626 g/mol. The van der Waals surface area contributed by atoms with Gasteiger partial charge in [0, 0.05) is 61.8 Å². The molecule has 3 heterocycles. The number of likely N-dealkylation sites (tertiary alicyclic amines) is 2. The van der Waals surface area contributed by atoms with E-state index in [0.717, 1.165) is 69.9 Å². The van der Waals surface area contributed by atoms with Gasteiger partial charge in [-0.3, -0.25) is 14.0 Å². The molecule has 47 heavy (non-hydrogen) atoms. The monoisotopic (exact) mass is 687 g/mol. The molecule has 1 spiro atoms. The van der Waals surface area contributed by atoms with E-state index in [1.165, 1.54) is 57.2 Å². The van der Waals surface area contributed by atoms with Gasteiger partial charge in [-0.05, 0) is 86.8 Å². The Morgan fingerprint density at radius 1 is 1.02 bits per heavy atom. The van der Waals surface area contributed by atoms with E-state index in [0.29, 0.717) is 33.9 Å². The average molecular weight is 688 g/mol. The topological polar surface area (TPSA) is 80.0 Å². The highest BCUT2D eigenvalue weighted by Gasteiger charge is 2.50. The zero-order valence-electron chi connectivity index (χ0n) is 30.4. The fraction of sp³-hybridized carbons (Fsp3) is 0.763. The molecule has 1 aromatic rings. The molecule has 4 fully saturated rings. The molecule has 2 aliphatic carbocycles. The Balaban J connectivity index is 0.000000534. The zero-order chi connectivity index (χ0) is 34.6. The largest absolute Gasteiger partial charge is 0.359 e. The molecular formula is C38H62ClN5O2S. The zero-order valence-corrected chi connectivity index (χ0v) is 32.0. The van der Waals surface area contributed by atoms with Crippen molar-refractivity contribution >= 4 is 39.8 Å². The molecule has 3 aliphatic heterocycles. The number of halogens is 1. The second-order valence-electron chi connectivity index (χ2n) is 14.3. The number of hydrazone groups is 1. The van der Waals surface area contributed by atoms with Crippen molar-refractivity contribution in [2.24, 2.45) is 28.3 Å². The average Bonchev–Trinajstić information content (AvgIpc) is 3.76. The number of carbonyl (C=O) groups is 1. The van der Waals surface area contributed by atoms with E-state index in [2.05, 4.69) is 41.6 Å². The lowest BCUT2D eigenvalue weighted by Gasteiger charge is -2.53. The van der Waals surface area contributed by atoms with Crippen LogP contribution in [0.4, 0.5) is 5.69 Å². The van der Waals surface area contributed by atoms with E-state index >= 15 is 0 Å². The van der Waals surface area contributed by atoms with Crippen LogP contribution in [0.15, 0.2) is 23.3 Å². The van der Waals surface area contributed by atoms with Crippen LogP contribution < -0.4 is 5.01 Å². The van der Waals surface area contributed by atoms with Gasteiger partial charge in [-0.2, -0.15) is 10.4 Å². The van der Waals surface area contributed by atoms with Crippen molar-refractivity contribution in [3.05, 3.63) is 28.8 Å². The third-order valence-corrected chi connectivity index (χ3v) is 11.0. The van der Waals surface area contributed by atoms with E-state index in [4.69, 9.17) is 16.7 Å². The quantitative estimate of drug-likeness (QED) is 0.316. The summed E-state index contributed by atoms with van der Waals surface area (Å²) in [6, 6.07) is 8.27. The predicted molar refractivity (Wildman–Crippen MR) is 199 cm³/mol. The number of piperidine rings is 2. The standard InChI is InChI=1S/C30H40ClN5O.C4H10.C2H6OS.C2H6/c1-21-8-12-35(13-9-21)29(37)24-18-30(19-24)10-14-34(15-11-30)28-17-27(22-4-2-3-5-22)36(33-28)25-7-6-23(20-32)26(31)16-25;1-3-4-2;1-4(2)3;1-2/h6-7,16,21-22,24,27H,2-5,8-15,17-19H2,1H3;3-4H2,1-2H3;1-2H3;1-2H3. The summed E-state index contributed by atoms with van der Waals surface area (Å²) in [6.45, 7) is 14.7. The summed E-state index contributed by atoms with van der Waals surface area (Å²) in [6.07, 6.45) is 18.9. The lowest BCUT2D eigenvalue weighted by molar-refractivity contribution is -0.146. The Bertz CT molecular complexity index is 1210. The number of benzene rings is 1. The number of unbranched alkanes of at least 4 members (excludes halogenated alkanes) is 1. The Hall–Kier alpha value is -2.11. The maximum absolute atomic E-state index is 13.0. The number of amidine groups is 1. The van der Waals surface area contributed by atoms with Crippen LogP contribution in [-0.4, -0.2) is 70.5 Å². The van der Waals surface area contributed by atoms with Crippen LogP contribution in [0, 0.1) is 34.5 Å². The first kappa shape index (κ1) is 39.3. The van der Waals surface area contributed by atoms with Crippen LogP contribution in [-0.2, 0) is 15.6 Å². The number of nitriles is 1. The van der Waals surface area contributed by atoms with E-state index < -0.39 is 10.8 Å². The lowest BCUT2D eigenvalue weighted by Crippen LogP contribution is -2.53. The van der Waals surface area contributed by atoms with E-state index in [-0.39, 0.29) is 5.92 Å². The molecule has 264 valence electrons. The number of anilines is 1. The Morgan fingerprint density at radius 3 is 2.11 bits per heavy atom. The SMILES string of the molecule is CC.CC1CCN(C(=O)C2CC3(CCN(C4=NN(c5ccc(C#N)c(Cl)c5)C(C5CCCC5)C4)CC3)C2)CC1.CCCC.CS(C)=O. The van der Waals surface area contributed by atoms with Gasteiger partial charge >= 0.3 is 0 Å². The summed E-state index contributed by atoms with van der Waals surface area (Å²) in [4.78, 5) is 17.7. The Kier molecular flexibility index (Phi) is 16.0. The minimum absolute atomic E-state index is 0.257. The summed E-state index contributed by atoms with van der Waals surface area (Å²) < 4.78 is 9.56. The predicted octanol–water partition coefficient (Wildman–Crippen LogP) is 8.87. The molecule has 0 N–H and O–H groups in total. The van der Waals surface area contributed by atoms with Crippen LogP contribution in [0.1, 0.15) is 124 Å². The highest BCUT2D eigenvalue weighted by Crippen LogP contribution is 2.53. The number of amides is 1. The molecule has 1 aromatic carbocycles. The maximum atomic E-state index is 13.0. The smallest absolute Gasteiger partial charge is 0.225 e. The van der Waals surface area contributed by atoms with Crippen LogP contribution in [0.3, 0.4) is 0 Å². The number of rotatable bonds is 4. The molecule has 0 aromatic heterocycles. The van der Waals surface area contributed by atoms with Gasteiger partial charge in [0.1, 0.15) is 11.9 Å². The van der Waals surface area contributed by atoms with Gasteiger partial charge in [0.05, 0.1) is 22.3 Å². The molecule has 2 saturated heterocycles. The fourth-order valence-corrected chi connectivity index (χ4v) is 7.91. The van der Waals surface area contributed by atoms with Gasteiger partial charge in [0.15, 0.2) is 0 Å². The van der Waals surface area contributed by atoms with Crippen molar-refractivity contribution in [1.82, 2.24) is 9.80 Å². The maximum Gasteiger partial charge on any atom is 0.225 e. The fourth-order valence-electron chi connectivity index (χ4n) is 7.69. The molecule has 1 atom stereocenters. The number of nitrogens with zero attached hydrogens (tertiary/aromatic N) is 5. The highest BCUT2D eigenvalue weighted by molar-refractivity contribution is 7.83. The van der Waals surface area contributed by atoms with Gasteiger partial charge < -0.3 is 9.80 Å². The second-order valence-corrected chi connectivity index (χ2v) is 16.2.